The molecule has 3 unspecified atom stereocenters. The van der Waals surface area contributed by atoms with E-state index >= 15 is 0 Å². The monoisotopic (exact) mass is 498 g/mol. The van der Waals surface area contributed by atoms with Crippen molar-refractivity contribution in [2.45, 2.75) is 169 Å². The van der Waals surface area contributed by atoms with Crippen LogP contribution in [0.1, 0.15) is 150 Å². The van der Waals surface area contributed by atoms with Crippen LogP contribution in [0.3, 0.4) is 0 Å². The van der Waals surface area contributed by atoms with Gasteiger partial charge in [-0.25, -0.2) is 4.79 Å². The van der Waals surface area contributed by atoms with E-state index in [4.69, 9.17) is 14.2 Å². The predicted molar refractivity (Wildman–Crippen MR) is 141 cm³/mol. The fraction of sp³-hybridized carbons (Fsp3) is 0.897. The maximum absolute atomic E-state index is 12.1. The molecular weight excluding hydrogens is 444 g/mol. The summed E-state index contributed by atoms with van der Waals surface area (Å²) in [4.78, 5) is 36.0. The summed E-state index contributed by atoms with van der Waals surface area (Å²) in [5.74, 6) is -0.906. The summed E-state index contributed by atoms with van der Waals surface area (Å²) in [7, 11) is 0. The minimum atomic E-state index is -0.862. The molecular formula is C29H54O6. The Hall–Kier alpha value is -1.59. The van der Waals surface area contributed by atoms with Crippen LogP contribution in [0, 0.1) is 0 Å². The standard InChI is InChI=1S/C29H54O6/c1-6-8-10-16-20-24(3)33-27(30)22-18-14-12-13-15-19-23-28(31)35-26(5)29(32)34-25(4)21-17-11-9-7-2/h24-26H,6-23H2,1-5H3. The van der Waals surface area contributed by atoms with Gasteiger partial charge in [0.25, 0.3) is 0 Å². The molecule has 0 saturated carbocycles. The van der Waals surface area contributed by atoms with Gasteiger partial charge in [-0.2, -0.15) is 0 Å². The molecule has 0 aliphatic heterocycles. The molecule has 0 heterocycles. The van der Waals surface area contributed by atoms with Gasteiger partial charge < -0.3 is 14.2 Å². The number of carbonyl (C=O) groups is 3. The number of hydrogen-bond donors (Lipinski definition) is 0. The highest BCUT2D eigenvalue weighted by atomic mass is 16.6. The van der Waals surface area contributed by atoms with Crippen molar-refractivity contribution in [1.82, 2.24) is 0 Å². The highest BCUT2D eigenvalue weighted by molar-refractivity contribution is 5.79. The van der Waals surface area contributed by atoms with E-state index in [0.717, 1.165) is 70.6 Å². The Bertz CT molecular complexity index is 547. The largest absolute Gasteiger partial charge is 0.463 e. The molecule has 35 heavy (non-hydrogen) atoms. The molecule has 0 saturated heterocycles. The minimum absolute atomic E-state index is 0.0163. The minimum Gasteiger partial charge on any atom is -0.463 e. The molecule has 6 heteroatoms. The highest BCUT2D eigenvalue weighted by Crippen LogP contribution is 2.13. The molecule has 0 aromatic rings. The van der Waals surface area contributed by atoms with Gasteiger partial charge in [0.05, 0.1) is 12.2 Å². The lowest BCUT2D eigenvalue weighted by Gasteiger charge is -2.17. The number of unbranched alkanes of at least 4 members (excludes halogenated alkanes) is 11. The molecule has 3 atom stereocenters. The van der Waals surface area contributed by atoms with Crippen molar-refractivity contribution in [2.24, 2.45) is 0 Å². The Morgan fingerprint density at radius 1 is 0.514 bits per heavy atom. The molecule has 0 amide bonds. The molecule has 0 rings (SSSR count). The molecule has 0 N–H and O–H groups in total. The third-order valence-electron chi connectivity index (χ3n) is 6.23. The summed E-state index contributed by atoms with van der Waals surface area (Å²) >= 11 is 0. The molecule has 0 spiro atoms. The second-order valence-electron chi connectivity index (χ2n) is 10.0. The molecule has 6 nitrogen and oxygen atoms in total. The van der Waals surface area contributed by atoms with Crippen LogP contribution in [0.2, 0.25) is 0 Å². The van der Waals surface area contributed by atoms with Crippen molar-refractivity contribution in [3.63, 3.8) is 0 Å². The topological polar surface area (TPSA) is 78.9 Å². The SMILES string of the molecule is CCCCCCC(C)OC(=O)CCCCCCCCC(=O)OC(C)C(=O)OC(C)CCCCCC. The lowest BCUT2D eigenvalue weighted by molar-refractivity contribution is -0.170. The zero-order valence-corrected chi connectivity index (χ0v) is 23.4. The van der Waals surface area contributed by atoms with Crippen LogP contribution in [0.25, 0.3) is 0 Å². The first-order valence-corrected chi connectivity index (χ1v) is 14.4. The Kier molecular flexibility index (Phi) is 21.8. The second kappa shape index (κ2) is 22.8. The quantitative estimate of drug-likeness (QED) is 0.0811. The molecule has 0 fully saturated rings. The van der Waals surface area contributed by atoms with Gasteiger partial charge in [-0.05, 0) is 59.3 Å². The maximum atomic E-state index is 12.1. The van der Waals surface area contributed by atoms with Crippen LogP contribution in [-0.2, 0) is 28.6 Å². The summed E-state index contributed by atoms with van der Waals surface area (Å²) in [6.07, 6.45) is 16.5. The molecule has 0 aliphatic rings. The van der Waals surface area contributed by atoms with Gasteiger partial charge in [0, 0.05) is 12.8 Å². The van der Waals surface area contributed by atoms with Gasteiger partial charge in [0.1, 0.15) is 0 Å². The van der Waals surface area contributed by atoms with Crippen LogP contribution < -0.4 is 0 Å². The smallest absolute Gasteiger partial charge is 0.347 e. The van der Waals surface area contributed by atoms with E-state index in [9.17, 15) is 14.4 Å². The zero-order chi connectivity index (χ0) is 26.3. The normalized spacial score (nSPS) is 13.6. The Balaban J connectivity index is 3.69. The summed E-state index contributed by atoms with van der Waals surface area (Å²) in [5, 5.41) is 0. The van der Waals surface area contributed by atoms with Crippen LogP contribution in [0.5, 0.6) is 0 Å². The number of esters is 3. The van der Waals surface area contributed by atoms with Crippen molar-refractivity contribution in [2.75, 3.05) is 0 Å². The van der Waals surface area contributed by atoms with E-state index in [0.29, 0.717) is 12.8 Å². The lowest BCUT2D eigenvalue weighted by Crippen LogP contribution is -2.29. The molecule has 0 aromatic heterocycles. The van der Waals surface area contributed by atoms with E-state index in [1.807, 2.05) is 13.8 Å². The third kappa shape index (κ3) is 21.4. The summed E-state index contributed by atoms with van der Waals surface area (Å²) in [6, 6.07) is 0. The Labute approximate surface area is 215 Å². The number of carbonyl (C=O) groups excluding carboxylic acids is 3. The molecule has 0 aromatic carbocycles. The van der Waals surface area contributed by atoms with Gasteiger partial charge in [0.2, 0.25) is 0 Å². The first kappa shape index (κ1) is 33.4. The van der Waals surface area contributed by atoms with E-state index in [1.54, 1.807) is 6.92 Å². The predicted octanol–water partition coefficient (Wildman–Crippen LogP) is 7.84. The first-order chi connectivity index (χ1) is 16.8. The number of hydrogen-bond acceptors (Lipinski definition) is 6. The van der Waals surface area contributed by atoms with E-state index in [1.165, 1.54) is 32.1 Å². The molecule has 0 aliphatic carbocycles. The van der Waals surface area contributed by atoms with Gasteiger partial charge in [0.15, 0.2) is 6.10 Å². The van der Waals surface area contributed by atoms with Gasteiger partial charge in [-0.3, -0.25) is 9.59 Å². The van der Waals surface area contributed by atoms with Crippen molar-refractivity contribution in [3.8, 4) is 0 Å². The maximum Gasteiger partial charge on any atom is 0.347 e. The van der Waals surface area contributed by atoms with Gasteiger partial charge >= 0.3 is 17.9 Å². The van der Waals surface area contributed by atoms with Crippen molar-refractivity contribution >= 4 is 17.9 Å². The summed E-state index contributed by atoms with van der Waals surface area (Å²) in [6.45, 7) is 9.79. The molecule has 206 valence electrons. The van der Waals surface area contributed by atoms with Crippen LogP contribution >= 0.6 is 0 Å². The van der Waals surface area contributed by atoms with E-state index in [-0.39, 0.29) is 24.1 Å². The number of rotatable bonds is 23. The van der Waals surface area contributed by atoms with Crippen molar-refractivity contribution < 1.29 is 28.6 Å². The Morgan fingerprint density at radius 3 is 1.40 bits per heavy atom. The van der Waals surface area contributed by atoms with Crippen LogP contribution in [-0.4, -0.2) is 36.2 Å². The lowest BCUT2D eigenvalue weighted by atomic mass is 10.1. The average Bonchev–Trinajstić information content (AvgIpc) is 2.81. The fourth-order valence-corrected chi connectivity index (χ4v) is 3.96. The Morgan fingerprint density at radius 2 is 0.914 bits per heavy atom. The van der Waals surface area contributed by atoms with Crippen LogP contribution in [0.4, 0.5) is 0 Å². The van der Waals surface area contributed by atoms with Crippen molar-refractivity contribution in [3.05, 3.63) is 0 Å². The molecule has 0 radical (unpaired) electrons. The average molecular weight is 499 g/mol. The zero-order valence-electron chi connectivity index (χ0n) is 23.4. The molecule has 0 bridgehead atoms. The van der Waals surface area contributed by atoms with Crippen LogP contribution in [0.15, 0.2) is 0 Å². The third-order valence-corrected chi connectivity index (χ3v) is 6.23. The van der Waals surface area contributed by atoms with E-state index < -0.39 is 12.1 Å². The summed E-state index contributed by atoms with van der Waals surface area (Å²) < 4.78 is 16.1. The number of ether oxygens (including phenoxy) is 3. The van der Waals surface area contributed by atoms with Gasteiger partial charge in [-0.1, -0.05) is 78.1 Å². The second-order valence-corrected chi connectivity index (χ2v) is 10.0. The first-order valence-electron chi connectivity index (χ1n) is 14.4. The summed E-state index contributed by atoms with van der Waals surface area (Å²) in [5.41, 5.74) is 0. The van der Waals surface area contributed by atoms with E-state index in [2.05, 4.69) is 13.8 Å². The van der Waals surface area contributed by atoms with Gasteiger partial charge in [-0.15, -0.1) is 0 Å². The fourth-order valence-electron chi connectivity index (χ4n) is 3.96. The van der Waals surface area contributed by atoms with Crippen molar-refractivity contribution in [1.29, 1.82) is 0 Å². The highest BCUT2D eigenvalue weighted by Gasteiger charge is 2.21.